The van der Waals surface area contributed by atoms with Crippen molar-refractivity contribution in [1.29, 1.82) is 0 Å². The highest BCUT2D eigenvalue weighted by atomic mass is 16.1. The third-order valence-corrected chi connectivity index (χ3v) is 5.17. The van der Waals surface area contributed by atoms with Crippen molar-refractivity contribution < 1.29 is 14.4 Å². The number of hydrogen-bond donors (Lipinski definition) is 0. The first-order valence-electron chi connectivity index (χ1n) is 10.8. The molecule has 0 aliphatic heterocycles. The molecule has 1 rings (SSSR count). The Kier molecular flexibility index (Phi) is 10.7. The number of ketones is 2. The lowest BCUT2D eigenvalue weighted by Crippen LogP contribution is -2.25. The number of carbonyl (C=O) groups excluding carboxylic acids is 3. The average Bonchev–Trinajstić information content (AvgIpc) is 2.69. The van der Waals surface area contributed by atoms with E-state index >= 15 is 0 Å². The minimum absolute atomic E-state index is 0.00460. The Bertz CT molecular complexity index is 645. The van der Waals surface area contributed by atoms with Crippen molar-refractivity contribution in [3.63, 3.8) is 0 Å². The second-order valence-corrected chi connectivity index (χ2v) is 7.87. The van der Waals surface area contributed by atoms with E-state index < -0.39 is 5.92 Å². The number of anilines is 1. The maximum Gasteiger partial charge on any atom is 0.163 e. The van der Waals surface area contributed by atoms with Gasteiger partial charge >= 0.3 is 0 Å². The number of benzene rings is 1. The van der Waals surface area contributed by atoms with Crippen LogP contribution in [0.15, 0.2) is 18.2 Å². The minimum Gasteiger partial charge on any atom is -0.372 e. The SMILES string of the molecule is CCCN(CCC)c1ccc(C(=O)CC(C=O)CCC(=O)C(C)C)c(CC)c1. The summed E-state index contributed by atoms with van der Waals surface area (Å²) in [6, 6.07) is 6.06. The van der Waals surface area contributed by atoms with E-state index in [-0.39, 0.29) is 23.9 Å². The number of nitrogens with zero attached hydrogens (tertiary/aromatic N) is 1. The maximum atomic E-state index is 12.8. The van der Waals surface area contributed by atoms with Gasteiger partial charge in [-0.3, -0.25) is 9.59 Å². The third-order valence-electron chi connectivity index (χ3n) is 5.17. The molecule has 0 radical (unpaired) electrons. The molecule has 4 heteroatoms. The van der Waals surface area contributed by atoms with Gasteiger partial charge in [0.15, 0.2) is 5.78 Å². The molecule has 0 aliphatic carbocycles. The van der Waals surface area contributed by atoms with Crippen LogP contribution < -0.4 is 4.90 Å². The van der Waals surface area contributed by atoms with E-state index in [0.717, 1.165) is 49.9 Å². The van der Waals surface area contributed by atoms with E-state index in [9.17, 15) is 14.4 Å². The number of aldehydes is 1. The zero-order valence-corrected chi connectivity index (χ0v) is 18.3. The molecular formula is C24H37NO3. The lowest BCUT2D eigenvalue weighted by atomic mass is 9.90. The highest BCUT2D eigenvalue weighted by molar-refractivity contribution is 5.99. The lowest BCUT2D eigenvalue weighted by Gasteiger charge is -2.25. The van der Waals surface area contributed by atoms with Gasteiger partial charge in [0.05, 0.1) is 0 Å². The van der Waals surface area contributed by atoms with Gasteiger partial charge < -0.3 is 9.69 Å². The van der Waals surface area contributed by atoms with Crippen molar-refractivity contribution in [3.8, 4) is 0 Å². The molecule has 0 saturated heterocycles. The first kappa shape index (κ1) is 24.1. The molecule has 0 fully saturated rings. The first-order valence-corrected chi connectivity index (χ1v) is 10.8. The van der Waals surface area contributed by atoms with Gasteiger partial charge in [0, 0.05) is 49.0 Å². The van der Waals surface area contributed by atoms with Crippen molar-refractivity contribution >= 4 is 23.5 Å². The third kappa shape index (κ3) is 7.21. The maximum absolute atomic E-state index is 12.8. The van der Waals surface area contributed by atoms with Gasteiger partial charge in [-0.2, -0.15) is 0 Å². The molecule has 0 heterocycles. The normalized spacial score (nSPS) is 12.1. The topological polar surface area (TPSA) is 54.5 Å². The summed E-state index contributed by atoms with van der Waals surface area (Å²) in [5.41, 5.74) is 2.90. The second kappa shape index (κ2) is 12.5. The summed E-state index contributed by atoms with van der Waals surface area (Å²) in [6.07, 6.45) is 4.75. The van der Waals surface area contributed by atoms with E-state index in [1.165, 1.54) is 0 Å². The molecule has 0 bridgehead atoms. The van der Waals surface area contributed by atoms with Gasteiger partial charge in [0.1, 0.15) is 12.1 Å². The molecule has 1 aromatic carbocycles. The standard InChI is InChI=1S/C24H37NO3/c1-6-13-25(14-7-2)21-10-11-22(20(8-3)16-21)24(28)15-19(17-26)9-12-23(27)18(4)5/h10-11,16-19H,6-9,12-15H2,1-5H3. The fraction of sp³-hybridized carbons (Fsp3) is 0.625. The Hall–Kier alpha value is -1.97. The highest BCUT2D eigenvalue weighted by Crippen LogP contribution is 2.24. The van der Waals surface area contributed by atoms with Crippen LogP contribution >= 0.6 is 0 Å². The number of hydrogen-bond acceptors (Lipinski definition) is 4. The van der Waals surface area contributed by atoms with Crippen LogP contribution in [0.5, 0.6) is 0 Å². The van der Waals surface area contributed by atoms with Crippen LogP contribution in [-0.2, 0) is 16.0 Å². The van der Waals surface area contributed by atoms with Crippen LogP contribution in [0.3, 0.4) is 0 Å². The van der Waals surface area contributed by atoms with Gasteiger partial charge in [0.2, 0.25) is 0 Å². The predicted octanol–water partition coefficient (Wildman–Crippen LogP) is 5.27. The molecule has 1 unspecified atom stereocenters. The number of Topliss-reactive ketones (excluding diaryl/α,β-unsaturated/α-hetero) is 2. The summed E-state index contributed by atoms with van der Waals surface area (Å²) < 4.78 is 0. The van der Waals surface area contributed by atoms with Crippen molar-refractivity contribution in [1.82, 2.24) is 0 Å². The molecule has 156 valence electrons. The summed E-state index contributed by atoms with van der Waals surface area (Å²) >= 11 is 0. The number of aryl methyl sites for hydroxylation is 1. The fourth-order valence-electron chi connectivity index (χ4n) is 3.43. The summed E-state index contributed by atoms with van der Waals surface area (Å²) in [7, 11) is 0. The zero-order valence-electron chi connectivity index (χ0n) is 18.3. The van der Waals surface area contributed by atoms with Gasteiger partial charge in [-0.05, 0) is 49.4 Å². The van der Waals surface area contributed by atoms with Gasteiger partial charge in [-0.1, -0.05) is 34.6 Å². The zero-order chi connectivity index (χ0) is 21.1. The van der Waals surface area contributed by atoms with Crippen LogP contribution in [-0.4, -0.2) is 30.9 Å². The molecule has 0 amide bonds. The molecule has 0 spiro atoms. The molecule has 0 saturated carbocycles. The van der Waals surface area contributed by atoms with Crippen molar-refractivity contribution in [2.24, 2.45) is 11.8 Å². The monoisotopic (exact) mass is 387 g/mol. The minimum atomic E-state index is -0.392. The van der Waals surface area contributed by atoms with E-state index in [4.69, 9.17) is 0 Å². The van der Waals surface area contributed by atoms with Crippen LogP contribution in [0, 0.1) is 11.8 Å². The molecule has 0 aliphatic rings. The van der Waals surface area contributed by atoms with E-state index in [1.54, 1.807) is 0 Å². The summed E-state index contributed by atoms with van der Waals surface area (Å²) in [5, 5.41) is 0. The smallest absolute Gasteiger partial charge is 0.163 e. The molecule has 1 atom stereocenters. The van der Waals surface area contributed by atoms with Gasteiger partial charge in [-0.25, -0.2) is 0 Å². The second-order valence-electron chi connectivity index (χ2n) is 7.87. The average molecular weight is 388 g/mol. The number of carbonyl (C=O) groups is 3. The van der Waals surface area contributed by atoms with E-state index in [2.05, 4.69) is 31.7 Å². The Balaban J connectivity index is 2.91. The van der Waals surface area contributed by atoms with Crippen LogP contribution in [0.1, 0.15) is 82.6 Å². The van der Waals surface area contributed by atoms with Crippen molar-refractivity contribution in [2.75, 3.05) is 18.0 Å². The van der Waals surface area contributed by atoms with E-state index in [1.807, 2.05) is 26.0 Å². The van der Waals surface area contributed by atoms with E-state index in [0.29, 0.717) is 18.4 Å². The molecule has 4 nitrogen and oxygen atoms in total. The van der Waals surface area contributed by atoms with Crippen molar-refractivity contribution in [3.05, 3.63) is 29.3 Å². The number of rotatable bonds is 14. The Morgan fingerprint density at radius 3 is 2.21 bits per heavy atom. The fourth-order valence-corrected chi connectivity index (χ4v) is 3.43. The van der Waals surface area contributed by atoms with Gasteiger partial charge in [-0.15, -0.1) is 0 Å². The summed E-state index contributed by atoms with van der Waals surface area (Å²) in [5.74, 6) is -0.285. The molecule has 0 N–H and O–H groups in total. The predicted molar refractivity (Wildman–Crippen MR) is 116 cm³/mol. The Labute approximate surface area is 170 Å². The summed E-state index contributed by atoms with van der Waals surface area (Å²) in [4.78, 5) is 38.5. The Morgan fingerprint density at radius 2 is 1.71 bits per heavy atom. The first-order chi connectivity index (χ1) is 13.4. The van der Waals surface area contributed by atoms with Crippen molar-refractivity contribution in [2.45, 2.75) is 73.1 Å². The molecular weight excluding hydrogens is 350 g/mol. The molecule has 1 aromatic rings. The Morgan fingerprint density at radius 1 is 1.07 bits per heavy atom. The molecule has 0 aromatic heterocycles. The van der Waals surface area contributed by atoms with Crippen LogP contribution in [0.25, 0.3) is 0 Å². The summed E-state index contributed by atoms with van der Waals surface area (Å²) in [6.45, 7) is 12.1. The molecule has 28 heavy (non-hydrogen) atoms. The van der Waals surface area contributed by atoms with Crippen LogP contribution in [0.4, 0.5) is 5.69 Å². The largest absolute Gasteiger partial charge is 0.372 e. The van der Waals surface area contributed by atoms with Crippen LogP contribution in [0.2, 0.25) is 0 Å². The quantitative estimate of drug-likeness (QED) is 0.322. The lowest BCUT2D eigenvalue weighted by molar-refractivity contribution is -0.122. The van der Waals surface area contributed by atoms with Gasteiger partial charge in [0.25, 0.3) is 0 Å². The highest BCUT2D eigenvalue weighted by Gasteiger charge is 2.19.